The number of nitrogens with zero attached hydrogens (tertiary/aromatic N) is 1. The number of benzene rings is 2. The Kier molecular flexibility index (Phi) is 15.6. The van der Waals surface area contributed by atoms with Crippen molar-refractivity contribution in [2.45, 2.75) is 71.6 Å². The van der Waals surface area contributed by atoms with E-state index in [-0.39, 0.29) is 49.1 Å². The van der Waals surface area contributed by atoms with Gasteiger partial charge in [-0.15, -0.1) is 0 Å². The summed E-state index contributed by atoms with van der Waals surface area (Å²) in [5.74, 6) is -2.50. The lowest BCUT2D eigenvalue weighted by Gasteiger charge is -2.21. The molecule has 14 nitrogen and oxygen atoms in total. The van der Waals surface area contributed by atoms with Gasteiger partial charge < -0.3 is 31.3 Å². The van der Waals surface area contributed by atoms with Crippen LogP contribution < -0.4 is 26.6 Å². The molecule has 0 saturated heterocycles. The van der Waals surface area contributed by atoms with Gasteiger partial charge in [0.25, 0.3) is 11.8 Å². The van der Waals surface area contributed by atoms with Gasteiger partial charge in [0.15, 0.2) is 0 Å². The summed E-state index contributed by atoms with van der Waals surface area (Å²) < 4.78 is 5.32. The summed E-state index contributed by atoms with van der Waals surface area (Å²) >= 11 is 0. The lowest BCUT2D eigenvalue weighted by molar-refractivity contribution is -0.137. The van der Waals surface area contributed by atoms with Crippen molar-refractivity contribution in [1.82, 2.24) is 26.2 Å². The first-order valence-corrected chi connectivity index (χ1v) is 16.7. The summed E-state index contributed by atoms with van der Waals surface area (Å²) in [5, 5.41) is 13.3. The molecule has 1 unspecified atom stereocenters. The average molecular weight is 691 g/mol. The maximum atomic E-state index is 12.8. The van der Waals surface area contributed by atoms with Crippen molar-refractivity contribution in [3.63, 3.8) is 0 Å². The number of anilines is 1. The highest BCUT2D eigenvalue weighted by molar-refractivity contribution is 6.12. The number of ether oxygens (including phenoxy) is 1. The summed E-state index contributed by atoms with van der Waals surface area (Å²) in [6.07, 6.45) is 3.92. The van der Waals surface area contributed by atoms with Crippen LogP contribution in [0, 0.1) is 5.92 Å². The number of unbranched alkanes of at least 4 members (excludes halogenated alkanes) is 2. The van der Waals surface area contributed by atoms with Crippen molar-refractivity contribution in [2.75, 3.05) is 25.0 Å². The van der Waals surface area contributed by atoms with E-state index in [1.807, 2.05) is 30.3 Å². The summed E-state index contributed by atoms with van der Waals surface area (Å²) in [7, 11) is 0. The molecule has 0 aromatic heterocycles. The predicted octanol–water partition coefficient (Wildman–Crippen LogP) is 2.34. The van der Waals surface area contributed by atoms with Crippen LogP contribution in [0.15, 0.2) is 66.7 Å². The number of rotatable bonds is 19. The Hall–Kier alpha value is -5.53. The van der Waals surface area contributed by atoms with Crippen LogP contribution in [0.2, 0.25) is 0 Å². The van der Waals surface area contributed by atoms with Crippen LogP contribution in [0.4, 0.5) is 10.5 Å². The molecule has 2 atom stereocenters. The Labute approximate surface area is 291 Å². The summed E-state index contributed by atoms with van der Waals surface area (Å²) in [5.41, 5.74) is 1.99. The fourth-order valence-electron chi connectivity index (χ4n) is 5.02. The topological polar surface area (TPSA) is 192 Å². The third-order valence-electron chi connectivity index (χ3n) is 7.72. The van der Waals surface area contributed by atoms with Crippen molar-refractivity contribution in [3.8, 4) is 0 Å². The molecule has 7 amide bonds. The number of hydrogen-bond donors (Lipinski definition) is 5. The molecule has 0 saturated carbocycles. The minimum absolute atomic E-state index is 0.0653. The third kappa shape index (κ3) is 13.2. The molecule has 0 spiro atoms. The lowest BCUT2D eigenvalue weighted by atomic mass is 10.0. The molecule has 0 aliphatic carbocycles. The Morgan fingerprint density at radius 2 is 1.44 bits per heavy atom. The summed E-state index contributed by atoms with van der Waals surface area (Å²) in [6.45, 7) is 5.69. The minimum Gasteiger partial charge on any atom is -0.445 e. The van der Waals surface area contributed by atoms with E-state index in [1.54, 1.807) is 45.0 Å². The van der Waals surface area contributed by atoms with Gasteiger partial charge in [-0.1, -0.05) is 62.7 Å². The zero-order valence-corrected chi connectivity index (χ0v) is 28.7. The normalized spacial score (nSPS) is 13.4. The van der Waals surface area contributed by atoms with Gasteiger partial charge in [-0.2, -0.15) is 0 Å². The van der Waals surface area contributed by atoms with Crippen LogP contribution in [0.3, 0.4) is 0 Å². The second-order valence-corrected chi connectivity index (χ2v) is 12.1. The number of hydrogen-bond acceptors (Lipinski definition) is 8. The largest absolute Gasteiger partial charge is 0.445 e. The zero-order valence-electron chi connectivity index (χ0n) is 28.7. The van der Waals surface area contributed by atoms with Crippen molar-refractivity contribution in [1.29, 1.82) is 0 Å². The third-order valence-corrected chi connectivity index (χ3v) is 7.72. The first-order valence-electron chi connectivity index (χ1n) is 16.7. The number of carbonyl (C=O) groups is 7. The van der Waals surface area contributed by atoms with E-state index in [0.717, 1.165) is 10.5 Å². The Morgan fingerprint density at radius 3 is 2.08 bits per heavy atom. The highest BCUT2D eigenvalue weighted by atomic mass is 16.5. The van der Waals surface area contributed by atoms with Crippen LogP contribution in [-0.2, 0) is 46.5 Å². The monoisotopic (exact) mass is 690 g/mol. The van der Waals surface area contributed by atoms with Crippen LogP contribution in [0.25, 0.3) is 0 Å². The van der Waals surface area contributed by atoms with E-state index < -0.39 is 30.0 Å². The van der Waals surface area contributed by atoms with Gasteiger partial charge in [0, 0.05) is 43.8 Å². The Balaban J connectivity index is 1.37. The van der Waals surface area contributed by atoms with Crippen LogP contribution >= 0.6 is 0 Å². The van der Waals surface area contributed by atoms with Gasteiger partial charge >= 0.3 is 6.09 Å². The second-order valence-electron chi connectivity index (χ2n) is 12.1. The summed E-state index contributed by atoms with van der Waals surface area (Å²) in [4.78, 5) is 87.2. The van der Waals surface area contributed by atoms with Gasteiger partial charge in [-0.25, -0.2) is 4.79 Å². The molecule has 1 heterocycles. The van der Waals surface area contributed by atoms with Crippen molar-refractivity contribution in [2.24, 2.45) is 5.92 Å². The van der Waals surface area contributed by atoms with Crippen LogP contribution in [0.5, 0.6) is 0 Å². The maximum Gasteiger partial charge on any atom is 0.408 e. The first-order chi connectivity index (χ1) is 24.0. The number of imide groups is 1. The lowest BCUT2D eigenvalue weighted by Crippen LogP contribution is -2.51. The van der Waals surface area contributed by atoms with Crippen molar-refractivity contribution in [3.05, 3.63) is 77.9 Å². The number of amides is 7. The molecule has 268 valence electrons. The highest BCUT2D eigenvalue weighted by Crippen LogP contribution is 2.12. The Morgan fingerprint density at radius 1 is 0.760 bits per heavy atom. The van der Waals surface area contributed by atoms with E-state index in [0.29, 0.717) is 50.0 Å². The SMILES string of the molecule is CCNC(=O)[C@H](Cc1ccccc1)NC(=O)OCc1ccc(NC(=O)CNC(=O)C(NC(=O)CCCCCN2C(=O)C=CC2=O)C(C)C)cc1. The summed E-state index contributed by atoms with van der Waals surface area (Å²) in [6, 6.07) is 14.2. The fraction of sp³-hybridized carbons (Fsp3) is 0.417. The van der Waals surface area contributed by atoms with E-state index in [4.69, 9.17) is 4.74 Å². The molecule has 50 heavy (non-hydrogen) atoms. The molecule has 5 N–H and O–H groups in total. The molecule has 0 radical (unpaired) electrons. The van der Waals surface area contributed by atoms with E-state index in [1.165, 1.54) is 12.2 Å². The van der Waals surface area contributed by atoms with Crippen LogP contribution in [-0.4, -0.2) is 78.2 Å². The van der Waals surface area contributed by atoms with Crippen molar-refractivity contribution >= 4 is 47.2 Å². The second kappa shape index (κ2) is 20.1. The van der Waals surface area contributed by atoms with Gasteiger partial charge in [-0.05, 0) is 48.9 Å². The maximum absolute atomic E-state index is 12.8. The molecule has 3 rings (SSSR count). The number of likely N-dealkylation sites (N-methyl/N-ethyl adjacent to an activating group) is 1. The van der Waals surface area contributed by atoms with E-state index >= 15 is 0 Å². The Bertz CT molecular complexity index is 1510. The van der Waals surface area contributed by atoms with Gasteiger partial charge in [0.2, 0.25) is 23.6 Å². The molecule has 0 bridgehead atoms. The van der Waals surface area contributed by atoms with Gasteiger partial charge in [0.05, 0.1) is 6.54 Å². The molecule has 0 fully saturated rings. The molecule has 2 aromatic rings. The van der Waals surface area contributed by atoms with E-state index in [2.05, 4.69) is 26.6 Å². The average Bonchev–Trinajstić information content (AvgIpc) is 3.41. The van der Waals surface area contributed by atoms with E-state index in [9.17, 15) is 33.6 Å². The van der Waals surface area contributed by atoms with Crippen LogP contribution in [0.1, 0.15) is 57.6 Å². The van der Waals surface area contributed by atoms with Crippen molar-refractivity contribution < 1.29 is 38.3 Å². The predicted molar refractivity (Wildman–Crippen MR) is 185 cm³/mol. The highest BCUT2D eigenvalue weighted by Gasteiger charge is 2.25. The first kappa shape index (κ1) is 38.9. The standard InChI is InChI=1S/C36H46N6O8/c1-4-37-34(47)28(21-25-11-7-5-8-12-25)40-36(49)50-23-26-14-16-27(17-15-26)39-30(44)22-38-35(48)33(24(2)3)41-29(43)13-9-6-10-20-42-31(45)18-19-32(42)46/h5,7-8,11-12,14-19,24,28,33H,4,6,9-10,13,20-23H2,1-3H3,(H,37,47)(H,38,48)(H,39,44)(H,40,49)(H,41,43)/t28-,33?/m0/s1. The van der Waals surface area contributed by atoms with Gasteiger partial charge in [-0.3, -0.25) is 33.7 Å². The molecule has 1 aliphatic heterocycles. The smallest absolute Gasteiger partial charge is 0.408 e. The quantitative estimate of drug-likeness (QED) is 0.110. The molecule has 14 heteroatoms. The number of carbonyl (C=O) groups excluding carboxylic acids is 7. The fourth-order valence-corrected chi connectivity index (χ4v) is 5.02. The molecular weight excluding hydrogens is 644 g/mol. The number of alkyl carbamates (subject to hydrolysis) is 1. The van der Waals surface area contributed by atoms with Gasteiger partial charge in [0.1, 0.15) is 18.7 Å². The zero-order chi connectivity index (χ0) is 36.5. The molecule has 2 aromatic carbocycles. The minimum atomic E-state index is -0.840. The number of nitrogens with one attached hydrogen (secondary N) is 5. The molecule has 1 aliphatic rings. The molecular formula is C36H46N6O8.